The number of benzene rings is 1. The van der Waals surface area contributed by atoms with Crippen LogP contribution < -0.4 is 15.2 Å². The number of carbonyl (C=O) groups excluding carboxylic acids is 1. The van der Waals surface area contributed by atoms with Crippen molar-refractivity contribution in [1.29, 1.82) is 0 Å². The SMILES string of the molecule is CCCC(C)NC(=O)Cc1cc(S(N)(=O)=O)ccc1OC. The van der Waals surface area contributed by atoms with Crippen LogP contribution in [-0.4, -0.2) is 27.5 Å². The first-order chi connectivity index (χ1) is 9.77. The van der Waals surface area contributed by atoms with Gasteiger partial charge in [-0.2, -0.15) is 0 Å². The van der Waals surface area contributed by atoms with Gasteiger partial charge >= 0.3 is 0 Å². The summed E-state index contributed by atoms with van der Waals surface area (Å²) in [6, 6.07) is 4.31. The molecule has 3 N–H and O–H groups in total. The molecule has 0 fully saturated rings. The highest BCUT2D eigenvalue weighted by molar-refractivity contribution is 7.89. The molecule has 0 radical (unpaired) electrons. The first kappa shape index (κ1) is 17.5. The minimum Gasteiger partial charge on any atom is -0.496 e. The second-order valence-corrected chi connectivity index (χ2v) is 6.51. The van der Waals surface area contributed by atoms with Gasteiger partial charge in [0, 0.05) is 11.6 Å². The third kappa shape index (κ3) is 5.35. The number of rotatable bonds is 7. The summed E-state index contributed by atoms with van der Waals surface area (Å²) in [5.74, 6) is 0.279. The van der Waals surface area contributed by atoms with E-state index in [1.54, 1.807) is 0 Å². The number of nitrogens with one attached hydrogen (secondary N) is 1. The zero-order valence-electron chi connectivity index (χ0n) is 12.5. The van der Waals surface area contributed by atoms with Crippen LogP contribution in [0, 0.1) is 0 Å². The normalized spacial score (nSPS) is 12.8. The van der Waals surface area contributed by atoms with Crippen LogP contribution in [0.15, 0.2) is 23.1 Å². The lowest BCUT2D eigenvalue weighted by Gasteiger charge is -2.14. The van der Waals surface area contributed by atoms with E-state index in [9.17, 15) is 13.2 Å². The van der Waals surface area contributed by atoms with Crippen LogP contribution in [0.5, 0.6) is 5.75 Å². The summed E-state index contributed by atoms with van der Waals surface area (Å²) in [4.78, 5) is 11.9. The van der Waals surface area contributed by atoms with Gasteiger partial charge in [-0.25, -0.2) is 13.6 Å². The molecule has 0 aromatic heterocycles. The second-order valence-electron chi connectivity index (χ2n) is 4.95. The number of methoxy groups -OCH3 is 1. The summed E-state index contributed by atoms with van der Waals surface area (Å²) < 4.78 is 27.9. The summed E-state index contributed by atoms with van der Waals surface area (Å²) in [7, 11) is -2.34. The van der Waals surface area contributed by atoms with Gasteiger partial charge in [-0.15, -0.1) is 0 Å². The lowest BCUT2D eigenvalue weighted by molar-refractivity contribution is -0.121. The van der Waals surface area contributed by atoms with Crippen LogP contribution in [0.2, 0.25) is 0 Å². The Morgan fingerprint density at radius 3 is 2.62 bits per heavy atom. The van der Waals surface area contributed by atoms with E-state index in [0.717, 1.165) is 12.8 Å². The van der Waals surface area contributed by atoms with Crippen molar-refractivity contribution in [3.05, 3.63) is 23.8 Å². The monoisotopic (exact) mass is 314 g/mol. The minimum absolute atomic E-state index is 0.0345. The van der Waals surface area contributed by atoms with E-state index < -0.39 is 10.0 Å². The standard InChI is InChI=1S/C14H22N2O4S/c1-4-5-10(2)16-14(17)9-11-8-12(21(15,18)19)6-7-13(11)20-3/h6-8,10H,4-5,9H2,1-3H3,(H,16,17)(H2,15,18,19). The Kier molecular flexibility index (Phi) is 6.17. The van der Waals surface area contributed by atoms with E-state index in [-0.39, 0.29) is 23.3 Å². The molecule has 0 bridgehead atoms. The molecule has 6 nitrogen and oxygen atoms in total. The van der Waals surface area contributed by atoms with Crippen LogP contribution in [0.1, 0.15) is 32.3 Å². The molecule has 118 valence electrons. The lowest BCUT2D eigenvalue weighted by Crippen LogP contribution is -2.33. The van der Waals surface area contributed by atoms with Crippen molar-refractivity contribution in [1.82, 2.24) is 5.32 Å². The van der Waals surface area contributed by atoms with Gasteiger partial charge < -0.3 is 10.1 Å². The molecule has 1 amide bonds. The third-order valence-electron chi connectivity index (χ3n) is 3.06. The molecule has 7 heteroatoms. The van der Waals surface area contributed by atoms with Crippen LogP contribution in [0.3, 0.4) is 0 Å². The number of hydrogen-bond donors (Lipinski definition) is 2. The zero-order chi connectivity index (χ0) is 16.0. The van der Waals surface area contributed by atoms with E-state index in [0.29, 0.717) is 11.3 Å². The fourth-order valence-corrected chi connectivity index (χ4v) is 2.64. The lowest BCUT2D eigenvalue weighted by atomic mass is 10.1. The van der Waals surface area contributed by atoms with Crippen molar-refractivity contribution in [3.8, 4) is 5.75 Å². The molecule has 0 aliphatic carbocycles. The Hall–Kier alpha value is -1.60. The largest absolute Gasteiger partial charge is 0.496 e. The molecule has 0 heterocycles. The Balaban J connectivity index is 2.93. The molecular weight excluding hydrogens is 292 g/mol. The molecule has 1 unspecified atom stereocenters. The number of sulfonamides is 1. The number of ether oxygens (including phenoxy) is 1. The van der Waals surface area contributed by atoms with E-state index in [2.05, 4.69) is 5.32 Å². The van der Waals surface area contributed by atoms with Crippen LogP contribution >= 0.6 is 0 Å². The average molecular weight is 314 g/mol. The maximum Gasteiger partial charge on any atom is 0.238 e. The fourth-order valence-electron chi connectivity index (χ4n) is 2.07. The number of amides is 1. The molecule has 1 aromatic rings. The summed E-state index contributed by atoms with van der Waals surface area (Å²) in [5.41, 5.74) is 0.491. The molecule has 1 atom stereocenters. The number of carbonyl (C=O) groups is 1. The first-order valence-electron chi connectivity index (χ1n) is 6.77. The molecule has 21 heavy (non-hydrogen) atoms. The topological polar surface area (TPSA) is 98.5 Å². The van der Waals surface area contributed by atoms with E-state index >= 15 is 0 Å². The van der Waals surface area contributed by atoms with Gasteiger partial charge in [0.15, 0.2) is 0 Å². The summed E-state index contributed by atoms with van der Waals surface area (Å²) in [5, 5.41) is 7.96. The van der Waals surface area contributed by atoms with Gasteiger partial charge in [0.1, 0.15) is 5.75 Å². The van der Waals surface area contributed by atoms with Gasteiger partial charge in [0.05, 0.1) is 18.4 Å². The van der Waals surface area contributed by atoms with Crippen molar-refractivity contribution < 1.29 is 17.9 Å². The zero-order valence-corrected chi connectivity index (χ0v) is 13.4. The molecule has 0 saturated heterocycles. The summed E-state index contributed by atoms with van der Waals surface area (Å²) in [6.07, 6.45) is 1.91. The first-order valence-corrected chi connectivity index (χ1v) is 8.31. The van der Waals surface area contributed by atoms with Crippen molar-refractivity contribution in [3.63, 3.8) is 0 Å². The third-order valence-corrected chi connectivity index (χ3v) is 3.97. The molecular formula is C14H22N2O4S. The number of nitrogens with two attached hydrogens (primary N) is 1. The quantitative estimate of drug-likeness (QED) is 0.789. The van der Waals surface area contributed by atoms with Crippen molar-refractivity contribution >= 4 is 15.9 Å². The van der Waals surface area contributed by atoms with Crippen LogP contribution in [0.4, 0.5) is 0 Å². The maximum atomic E-state index is 12.0. The van der Waals surface area contributed by atoms with Crippen LogP contribution in [-0.2, 0) is 21.2 Å². The van der Waals surface area contributed by atoms with Gasteiger partial charge in [-0.3, -0.25) is 4.79 Å². The molecule has 1 rings (SSSR count). The minimum atomic E-state index is -3.81. The van der Waals surface area contributed by atoms with Gasteiger partial charge in [0.25, 0.3) is 0 Å². The number of hydrogen-bond acceptors (Lipinski definition) is 4. The Bertz CT molecular complexity index is 599. The smallest absolute Gasteiger partial charge is 0.238 e. The summed E-state index contributed by atoms with van der Waals surface area (Å²) in [6.45, 7) is 3.97. The maximum absolute atomic E-state index is 12.0. The van der Waals surface area contributed by atoms with E-state index in [1.165, 1.54) is 25.3 Å². The Morgan fingerprint density at radius 1 is 1.43 bits per heavy atom. The van der Waals surface area contributed by atoms with Crippen LogP contribution in [0.25, 0.3) is 0 Å². The Labute approximate surface area is 125 Å². The molecule has 1 aromatic carbocycles. The predicted molar refractivity (Wildman–Crippen MR) is 80.6 cm³/mol. The second kappa shape index (κ2) is 7.42. The van der Waals surface area contributed by atoms with Crippen molar-refractivity contribution in [2.45, 2.75) is 44.0 Å². The highest BCUT2D eigenvalue weighted by Gasteiger charge is 2.15. The highest BCUT2D eigenvalue weighted by Crippen LogP contribution is 2.22. The van der Waals surface area contributed by atoms with Gasteiger partial charge in [-0.1, -0.05) is 13.3 Å². The molecule has 0 spiro atoms. The van der Waals surface area contributed by atoms with Crippen molar-refractivity contribution in [2.75, 3.05) is 7.11 Å². The predicted octanol–water partition coefficient (Wildman–Crippen LogP) is 1.19. The van der Waals surface area contributed by atoms with Gasteiger partial charge in [0.2, 0.25) is 15.9 Å². The molecule has 0 aliphatic heterocycles. The van der Waals surface area contributed by atoms with Crippen molar-refractivity contribution in [2.24, 2.45) is 5.14 Å². The van der Waals surface area contributed by atoms with E-state index in [4.69, 9.17) is 9.88 Å². The Morgan fingerprint density at radius 2 is 2.10 bits per heavy atom. The van der Waals surface area contributed by atoms with E-state index in [1.807, 2.05) is 13.8 Å². The number of primary sulfonamides is 1. The summed E-state index contributed by atoms with van der Waals surface area (Å²) >= 11 is 0. The molecule has 0 saturated carbocycles. The fraction of sp³-hybridized carbons (Fsp3) is 0.500. The molecule has 0 aliphatic rings. The average Bonchev–Trinajstić information content (AvgIpc) is 2.37. The van der Waals surface area contributed by atoms with Gasteiger partial charge in [-0.05, 0) is 31.5 Å². The highest BCUT2D eigenvalue weighted by atomic mass is 32.2.